The third-order valence-electron chi connectivity index (χ3n) is 4.97. The van der Waals surface area contributed by atoms with Crippen molar-refractivity contribution in [1.29, 1.82) is 0 Å². The molecule has 0 aliphatic carbocycles. The number of benzene rings is 1. The van der Waals surface area contributed by atoms with E-state index in [1.807, 2.05) is 0 Å². The van der Waals surface area contributed by atoms with Crippen molar-refractivity contribution in [1.82, 2.24) is 24.6 Å². The molecule has 0 fully saturated rings. The topological polar surface area (TPSA) is 49.7 Å². The fourth-order valence-electron chi connectivity index (χ4n) is 3.57. The molecule has 3 heterocycles. The number of aromatic amines is 1. The summed E-state index contributed by atoms with van der Waals surface area (Å²) in [5.41, 5.74) is 7.46. The molecule has 3 aromatic rings. The highest BCUT2D eigenvalue weighted by Gasteiger charge is 2.22. The van der Waals surface area contributed by atoms with Crippen LogP contribution in [0.25, 0.3) is 11.3 Å². The molecule has 0 unspecified atom stereocenters. The van der Waals surface area contributed by atoms with Gasteiger partial charge in [-0.15, -0.1) is 0 Å². The van der Waals surface area contributed by atoms with Crippen LogP contribution in [0.2, 0.25) is 0 Å². The minimum atomic E-state index is 0.914. The van der Waals surface area contributed by atoms with Crippen molar-refractivity contribution < 1.29 is 0 Å². The molecule has 0 bridgehead atoms. The lowest BCUT2D eigenvalue weighted by atomic mass is 10.0. The number of aryl methyl sites for hydroxylation is 2. The second-order valence-corrected chi connectivity index (χ2v) is 6.51. The van der Waals surface area contributed by atoms with E-state index in [0.29, 0.717) is 0 Å². The molecule has 24 heavy (non-hydrogen) atoms. The van der Waals surface area contributed by atoms with Crippen LogP contribution in [-0.4, -0.2) is 37.7 Å². The monoisotopic (exact) mass is 321 g/mol. The smallest absolute Gasteiger partial charge is 0.0958 e. The zero-order chi connectivity index (χ0) is 16.5. The number of H-pyrrole nitrogens is 1. The van der Waals surface area contributed by atoms with E-state index in [1.165, 1.54) is 22.5 Å². The molecule has 5 heteroatoms. The van der Waals surface area contributed by atoms with Gasteiger partial charge in [0.2, 0.25) is 0 Å². The molecule has 0 amide bonds. The Balaban J connectivity index is 1.58. The van der Waals surface area contributed by atoms with E-state index in [0.717, 1.165) is 43.9 Å². The Hall–Kier alpha value is -2.40. The van der Waals surface area contributed by atoms with E-state index in [4.69, 9.17) is 5.10 Å². The van der Waals surface area contributed by atoms with E-state index < -0.39 is 0 Å². The van der Waals surface area contributed by atoms with Crippen LogP contribution in [-0.2, 0) is 26.4 Å². The molecular formula is C19H23N5. The molecule has 2 aromatic heterocycles. The fourth-order valence-corrected chi connectivity index (χ4v) is 3.57. The lowest BCUT2D eigenvalue weighted by Gasteiger charge is -2.19. The lowest BCUT2D eigenvalue weighted by Crippen LogP contribution is -2.26. The van der Waals surface area contributed by atoms with Crippen molar-refractivity contribution in [2.45, 2.75) is 26.3 Å². The van der Waals surface area contributed by atoms with Gasteiger partial charge in [0.1, 0.15) is 0 Å². The fraction of sp³-hybridized carbons (Fsp3) is 0.368. The van der Waals surface area contributed by atoms with Gasteiger partial charge in [-0.1, -0.05) is 30.3 Å². The van der Waals surface area contributed by atoms with E-state index >= 15 is 0 Å². The summed E-state index contributed by atoms with van der Waals surface area (Å²) in [6.45, 7) is 5.10. The van der Waals surface area contributed by atoms with Gasteiger partial charge in [0.05, 0.1) is 17.7 Å². The first-order valence-corrected chi connectivity index (χ1v) is 8.53. The van der Waals surface area contributed by atoms with Gasteiger partial charge < -0.3 is 4.98 Å². The summed E-state index contributed by atoms with van der Waals surface area (Å²) in [5, 5.41) is 4.80. The average Bonchev–Trinajstić information content (AvgIpc) is 3.06. The second-order valence-electron chi connectivity index (χ2n) is 6.51. The van der Waals surface area contributed by atoms with E-state index in [1.54, 1.807) is 6.33 Å². The van der Waals surface area contributed by atoms with Crippen LogP contribution in [0.5, 0.6) is 0 Å². The number of rotatable bonds is 3. The number of hydrogen-bond acceptors (Lipinski definition) is 3. The van der Waals surface area contributed by atoms with Crippen LogP contribution in [0.1, 0.15) is 22.6 Å². The maximum absolute atomic E-state index is 4.80. The standard InChI is InChI=1S/C19H23N5/c1-14-17(21-13-20-14)12-24-10-8-16-18(9-11-24)23(2)22-19(16)15-6-4-3-5-7-15/h3-7,13H,8-12H2,1-2H3,(H,20,21). The first-order valence-electron chi connectivity index (χ1n) is 8.53. The highest BCUT2D eigenvalue weighted by atomic mass is 15.3. The Morgan fingerprint density at radius 1 is 1.12 bits per heavy atom. The largest absolute Gasteiger partial charge is 0.348 e. The molecule has 1 aliphatic rings. The molecule has 1 aromatic carbocycles. The zero-order valence-electron chi connectivity index (χ0n) is 14.3. The molecule has 1 aliphatic heterocycles. The first-order chi connectivity index (χ1) is 11.7. The Labute approximate surface area is 142 Å². The van der Waals surface area contributed by atoms with E-state index in [9.17, 15) is 0 Å². The van der Waals surface area contributed by atoms with Gasteiger partial charge in [-0.25, -0.2) is 4.98 Å². The van der Waals surface area contributed by atoms with Gasteiger partial charge in [0.25, 0.3) is 0 Å². The number of aromatic nitrogens is 4. The van der Waals surface area contributed by atoms with Gasteiger partial charge in [-0.3, -0.25) is 9.58 Å². The van der Waals surface area contributed by atoms with Crippen LogP contribution in [0.4, 0.5) is 0 Å². The molecular weight excluding hydrogens is 298 g/mol. The Morgan fingerprint density at radius 3 is 2.67 bits per heavy atom. The predicted octanol–water partition coefficient (Wildman–Crippen LogP) is 2.72. The third-order valence-corrected chi connectivity index (χ3v) is 4.97. The minimum Gasteiger partial charge on any atom is -0.348 e. The first kappa shape index (κ1) is 15.1. The highest BCUT2D eigenvalue weighted by Crippen LogP contribution is 2.28. The predicted molar refractivity (Wildman–Crippen MR) is 94.7 cm³/mol. The van der Waals surface area contributed by atoms with Crippen LogP contribution in [0.3, 0.4) is 0 Å². The van der Waals surface area contributed by atoms with Gasteiger partial charge in [-0.05, 0) is 13.3 Å². The highest BCUT2D eigenvalue weighted by molar-refractivity contribution is 5.64. The molecule has 1 N–H and O–H groups in total. The van der Waals surface area contributed by atoms with Crippen molar-refractivity contribution in [2.75, 3.05) is 13.1 Å². The second kappa shape index (κ2) is 6.24. The summed E-state index contributed by atoms with van der Waals surface area (Å²) < 4.78 is 2.07. The van der Waals surface area contributed by atoms with Crippen molar-refractivity contribution >= 4 is 0 Å². The van der Waals surface area contributed by atoms with Crippen LogP contribution in [0, 0.1) is 6.92 Å². The summed E-state index contributed by atoms with van der Waals surface area (Å²) in [6, 6.07) is 10.5. The van der Waals surface area contributed by atoms with Crippen molar-refractivity contribution in [3.05, 3.63) is 59.3 Å². The van der Waals surface area contributed by atoms with Crippen molar-refractivity contribution in [3.63, 3.8) is 0 Å². The number of imidazole rings is 1. The van der Waals surface area contributed by atoms with Gasteiger partial charge >= 0.3 is 0 Å². The molecule has 0 saturated carbocycles. The minimum absolute atomic E-state index is 0.914. The van der Waals surface area contributed by atoms with Crippen molar-refractivity contribution in [3.8, 4) is 11.3 Å². The third kappa shape index (κ3) is 2.76. The molecule has 0 atom stereocenters. The quantitative estimate of drug-likeness (QED) is 0.807. The van der Waals surface area contributed by atoms with Crippen molar-refractivity contribution in [2.24, 2.45) is 7.05 Å². The zero-order valence-corrected chi connectivity index (χ0v) is 14.3. The van der Waals surface area contributed by atoms with Crippen LogP contribution < -0.4 is 0 Å². The molecule has 5 nitrogen and oxygen atoms in total. The number of fused-ring (bicyclic) bond motifs is 1. The summed E-state index contributed by atoms with van der Waals surface area (Å²) in [6.07, 6.45) is 3.86. The lowest BCUT2D eigenvalue weighted by molar-refractivity contribution is 0.274. The normalized spacial score (nSPS) is 15.2. The molecule has 0 saturated heterocycles. The number of nitrogens with one attached hydrogen (secondary N) is 1. The molecule has 0 radical (unpaired) electrons. The summed E-state index contributed by atoms with van der Waals surface area (Å²) in [5.74, 6) is 0. The van der Waals surface area contributed by atoms with Gasteiger partial charge in [-0.2, -0.15) is 5.10 Å². The molecule has 4 rings (SSSR count). The van der Waals surface area contributed by atoms with Gasteiger partial charge in [0.15, 0.2) is 0 Å². The SMILES string of the molecule is Cc1[nH]cnc1CN1CCc2c(-c3ccccc3)nn(C)c2CC1. The summed E-state index contributed by atoms with van der Waals surface area (Å²) in [4.78, 5) is 10.1. The van der Waals surface area contributed by atoms with Crippen LogP contribution >= 0.6 is 0 Å². The number of hydrogen-bond donors (Lipinski definition) is 1. The molecule has 124 valence electrons. The van der Waals surface area contributed by atoms with E-state index in [2.05, 4.69) is 63.9 Å². The van der Waals surface area contributed by atoms with Crippen LogP contribution in [0.15, 0.2) is 36.7 Å². The Bertz CT molecular complexity index is 831. The van der Waals surface area contributed by atoms with Gasteiger partial charge in [0, 0.05) is 55.6 Å². The summed E-state index contributed by atoms with van der Waals surface area (Å²) in [7, 11) is 2.07. The Morgan fingerprint density at radius 2 is 1.92 bits per heavy atom. The maximum Gasteiger partial charge on any atom is 0.0958 e. The summed E-state index contributed by atoms with van der Waals surface area (Å²) >= 11 is 0. The molecule has 0 spiro atoms. The average molecular weight is 321 g/mol. The number of nitrogens with zero attached hydrogens (tertiary/aromatic N) is 4. The maximum atomic E-state index is 4.80. The van der Waals surface area contributed by atoms with E-state index in [-0.39, 0.29) is 0 Å². The Kier molecular flexibility index (Phi) is 3.94.